The summed E-state index contributed by atoms with van der Waals surface area (Å²) in [5, 5.41) is 0. The maximum atomic E-state index is 10.8. The smallest absolute Gasteiger partial charge is 0.324 e. The van der Waals surface area contributed by atoms with Crippen molar-refractivity contribution in [1.29, 1.82) is 0 Å². The van der Waals surface area contributed by atoms with Crippen LogP contribution in [0, 0.1) is 0 Å². The molecule has 0 aliphatic carbocycles. The van der Waals surface area contributed by atoms with Gasteiger partial charge < -0.3 is 29.4 Å². The molecule has 0 fully saturated rings. The molecule has 2 atom stereocenters. The van der Waals surface area contributed by atoms with E-state index in [4.69, 9.17) is 29.4 Å². The minimum atomic E-state index is -5.67. The zero-order chi connectivity index (χ0) is 14.1. The molecular weight excluding hydrogens is 348 g/mol. The van der Waals surface area contributed by atoms with Gasteiger partial charge in [-0.1, -0.05) is 0 Å². The Labute approximate surface area is 98.5 Å². The molecule has 17 heavy (non-hydrogen) atoms. The van der Waals surface area contributed by atoms with Gasteiger partial charge in [-0.25, -0.2) is 18.0 Å². The van der Waals surface area contributed by atoms with E-state index in [0.717, 1.165) is 0 Å². The van der Waals surface area contributed by atoms with Gasteiger partial charge in [0.05, 0.1) is 0 Å². The normalized spacial score (nSPS) is 20.6. The van der Waals surface area contributed by atoms with Crippen LogP contribution in [0.15, 0.2) is 0 Å². The Bertz CT molecular complexity index is 407. The van der Waals surface area contributed by atoms with Gasteiger partial charge in [-0.2, -0.15) is 8.62 Å². The summed E-state index contributed by atoms with van der Waals surface area (Å²) in [4.78, 5) is 50.5. The number of hydrogen-bond acceptors (Lipinski definition) is 7. The Hall–Kier alpha value is 0.980. The highest BCUT2D eigenvalue weighted by Crippen LogP contribution is 2.69. The van der Waals surface area contributed by atoms with Crippen LogP contribution in [-0.4, -0.2) is 29.4 Å². The van der Waals surface area contributed by atoms with Crippen molar-refractivity contribution in [2.75, 3.05) is 0 Å². The van der Waals surface area contributed by atoms with Crippen molar-refractivity contribution < 1.29 is 56.0 Å². The van der Waals surface area contributed by atoms with E-state index in [9.17, 15) is 13.7 Å². The van der Waals surface area contributed by atoms with Crippen LogP contribution in [0.1, 0.15) is 0 Å². The third-order valence-electron chi connectivity index (χ3n) is 0.625. The van der Waals surface area contributed by atoms with Crippen LogP contribution in [0.2, 0.25) is 0 Å². The zero-order valence-corrected chi connectivity index (χ0v) is 11.7. The van der Waals surface area contributed by atoms with Crippen molar-refractivity contribution in [3.05, 3.63) is 0 Å². The van der Waals surface area contributed by atoms with Gasteiger partial charge >= 0.3 is 30.2 Å². The molecule has 0 rings (SSSR count). The quantitative estimate of drug-likeness (QED) is 0.335. The fourth-order valence-corrected chi connectivity index (χ4v) is 5.16. The maximum absolute atomic E-state index is 10.8. The molecule has 0 saturated heterocycles. The molecule has 6 N–H and O–H groups in total. The molecule has 0 aliphatic heterocycles. The van der Waals surface area contributed by atoms with E-state index >= 15 is 0 Å². The highest BCUT2D eigenvalue weighted by Gasteiger charge is 2.42. The summed E-state index contributed by atoms with van der Waals surface area (Å²) < 4.78 is 41.6. The van der Waals surface area contributed by atoms with Crippen LogP contribution in [0.25, 0.3) is 0 Å². The van der Waals surface area contributed by atoms with E-state index in [0.29, 0.717) is 0 Å². The van der Waals surface area contributed by atoms with Gasteiger partial charge in [0.25, 0.3) is 0 Å². The molecule has 0 amide bonds. The van der Waals surface area contributed by atoms with Gasteiger partial charge in [-0.15, -0.1) is 0 Å². The minimum Gasteiger partial charge on any atom is -0.324 e. The molecule has 0 aromatic heterocycles. The summed E-state index contributed by atoms with van der Waals surface area (Å²) in [7, 11) is -16.7. The van der Waals surface area contributed by atoms with Gasteiger partial charge in [0.1, 0.15) is 0 Å². The lowest BCUT2D eigenvalue weighted by Gasteiger charge is -2.17. The van der Waals surface area contributed by atoms with E-state index in [-0.39, 0.29) is 0 Å². The molecule has 2 unspecified atom stereocenters. The first-order valence-electron chi connectivity index (χ1n) is 3.03. The average Bonchev–Trinajstić information content (AvgIpc) is 1.65. The summed E-state index contributed by atoms with van der Waals surface area (Å²) in [5.41, 5.74) is 0. The van der Waals surface area contributed by atoms with E-state index < -0.39 is 30.2 Å². The number of phosphoric acid groups is 3. The molecule has 0 saturated carbocycles. The highest BCUT2D eigenvalue weighted by molar-refractivity contribution is 8.08. The Morgan fingerprint density at radius 3 is 1.35 bits per heavy atom. The molecular formula is H6O12P4S. The average molecular weight is 354 g/mol. The van der Waals surface area contributed by atoms with Crippen molar-refractivity contribution in [2.24, 2.45) is 0 Å². The van der Waals surface area contributed by atoms with Gasteiger partial charge in [-0.3, -0.25) is 0 Å². The molecule has 0 aromatic rings. The van der Waals surface area contributed by atoms with Crippen molar-refractivity contribution in [2.45, 2.75) is 0 Å². The second-order valence-corrected chi connectivity index (χ2v) is 9.39. The van der Waals surface area contributed by atoms with Gasteiger partial charge in [0.15, 0.2) is 0 Å². The van der Waals surface area contributed by atoms with Crippen LogP contribution in [0.4, 0.5) is 0 Å². The van der Waals surface area contributed by atoms with Crippen molar-refractivity contribution >= 4 is 42.0 Å². The molecule has 0 radical (unpaired) electrons. The van der Waals surface area contributed by atoms with Crippen molar-refractivity contribution in [3.8, 4) is 0 Å². The van der Waals surface area contributed by atoms with Crippen molar-refractivity contribution in [1.82, 2.24) is 0 Å². The van der Waals surface area contributed by atoms with Gasteiger partial charge in [0, 0.05) is 0 Å². The van der Waals surface area contributed by atoms with Gasteiger partial charge in [0.2, 0.25) is 0 Å². The second kappa shape index (κ2) is 5.54. The molecule has 17 heteroatoms. The standard InChI is InChI=1S/H6O12P4S/c1-13(2,3)10-14(4,5)11-15(6,7)12-16(8,9)17/h(H,4,5)(H,6,7)(H2,1,2,3)(H2,8,9,17). The van der Waals surface area contributed by atoms with Crippen LogP contribution in [0.3, 0.4) is 0 Å². The van der Waals surface area contributed by atoms with Crippen LogP contribution >= 0.6 is 30.2 Å². The summed E-state index contributed by atoms with van der Waals surface area (Å²) >= 11 is 3.75. The molecule has 0 aliphatic rings. The summed E-state index contributed by atoms with van der Waals surface area (Å²) in [6.07, 6.45) is 0. The lowest BCUT2D eigenvalue weighted by Crippen LogP contribution is -1.95. The molecule has 104 valence electrons. The Balaban J connectivity index is 4.84. The molecule has 0 spiro atoms. The predicted octanol–water partition coefficient (Wildman–Crippen LogP) is -0.461. The summed E-state index contributed by atoms with van der Waals surface area (Å²) in [6.45, 7) is -4.71. The Kier molecular flexibility index (Phi) is 5.86. The lowest BCUT2D eigenvalue weighted by atomic mass is 15.7. The Morgan fingerprint density at radius 2 is 1.06 bits per heavy atom. The van der Waals surface area contributed by atoms with E-state index in [1.165, 1.54) is 0 Å². The number of rotatable bonds is 6. The fourth-order valence-electron chi connectivity index (χ4n) is 0.429. The molecule has 0 heterocycles. The monoisotopic (exact) mass is 354 g/mol. The number of hydrogen-bond donors (Lipinski definition) is 6. The molecule has 0 bridgehead atoms. The largest absolute Gasteiger partial charge is 0.490 e. The summed E-state index contributed by atoms with van der Waals surface area (Å²) in [6, 6.07) is 0. The Morgan fingerprint density at radius 1 is 0.706 bits per heavy atom. The first kappa shape index (κ1) is 18.0. The van der Waals surface area contributed by atoms with Crippen molar-refractivity contribution in [3.63, 3.8) is 0 Å². The molecule has 0 aromatic carbocycles. The van der Waals surface area contributed by atoms with Gasteiger partial charge in [-0.05, 0) is 11.8 Å². The molecule has 12 nitrogen and oxygen atoms in total. The maximum Gasteiger partial charge on any atom is 0.490 e. The predicted molar refractivity (Wildman–Crippen MR) is 53.7 cm³/mol. The van der Waals surface area contributed by atoms with Crippen LogP contribution in [-0.2, 0) is 38.4 Å². The van der Waals surface area contributed by atoms with E-state index in [1.807, 2.05) is 0 Å². The highest BCUT2D eigenvalue weighted by atomic mass is 32.5. The SMILES string of the molecule is O=P(O)(O)OP(=O)(O)OP(=O)(O)OP(O)(O)=S. The lowest BCUT2D eigenvalue weighted by molar-refractivity contribution is 0.203. The second-order valence-electron chi connectivity index (χ2n) is 2.16. The van der Waals surface area contributed by atoms with Crippen LogP contribution < -0.4 is 0 Å². The first-order chi connectivity index (χ1) is 7.12. The topological polar surface area (TPSA) is 200 Å². The van der Waals surface area contributed by atoms with E-state index in [1.54, 1.807) is 0 Å². The third-order valence-corrected chi connectivity index (χ3v) is 6.23. The third kappa shape index (κ3) is 10.6. The fraction of sp³-hybridized carbons (Fsp3) is 0. The van der Waals surface area contributed by atoms with Crippen LogP contribution in [0.5, 0.6) is 0 Å². The minimum absolute atomic E-state index is 3.13. The zero-order valence-electron chi connectivity index (χ0n) is 7.33. The van der Waals surface area contributed by atoms with E-state index in [2.05, 4.69) is 24.7 Å². The first-order valence-corrected chi connectivity index (χ1v) is 10.2. The summed E-state index contributed by atoms with van der Waals surface area (Å²) in [5.74, 6) is 0.